The average Bonchev–Trinajstić information content (AvgIpc) is 2.68. The van der Waals surface area contributed by atoms with Gasteiger partial charge in [0.2, 0.25) is 0 Å². The fourth-order valence-corrected chi connectivity index (χ4v) is 3.77. The van der Waals surface area contributed by atoms with Crippen molar-refractivity contribution in [3.8, 4) is 0 Å². The van der Waals surface area contributed by atoms with E-state index < -0.39 is 0 Å². The van der Waals surface area contributed by atoms with Gasteiger partial charge in [-0.1, -0.05) is 0 Å². The van der Waals surface area contributed by atoms with Crippen molar-refractivity contribution in [2.24, 2.45) is 5.92 Å². The first kappa shape index (κ1) is 17.6. The molecule has 0 radical (unpaired) electrons. The maximum atomic E-state index is 10.7. The van der Waals surface area contributed by atoms with Crippen LogP contribution in [0, 0.1) is 12.8 Å². The smallest absolute Gasteiger partial charge is 0.129 e. The fourth-order valence-electron chi connectivity index (χ4n) is 3.77. The lowest BCUT2D eigenvalue weighted by Gasteiger charge is -2.32. The Morgan fingerprint density at radius 3 is 2.63 bits per heavy atom. The second kappa shape index (κ2) is 7.82. The van der Waals surface area contributed by atoms with Crippen molar-refractivity contribution in [2.45, 2.75) is 32.6 Å². The van der Waals surface area contributed by atoms with E-state index in [0.29, 0.717) is 12.3 Å². The molecule has 4 heterocycles. The third-order valence-electron chi connectivity index (χ3n) is 5.30. The van der Waals surface area contributed by atoms with Crippen LogP contribution in [0.2, 0.25) is 0 Å². The van der Waals surface area contributed by atoms with Gasteiger partial charge >= 0.3 is 0 Å². The zero-order valence-electron chi connectivity index (χ0n) is 15.6. The van der Waals surface area contributed by atoms with E-state index in [1.54, 1.807) is 0 Å². The Labute approximate surface area is 159 Å². The van der Waals surface area contributed by atoms with E-state index in [2.05, 4.69) is 40.2 Å². The van der Waals surface area contributed by atoms with Gasteiger partial charge in [-0.15, -0.1) is 0 Å². The van der Waals surface area contributed by atoms with Crippen LogP contribution >= 0.6 is 0 Å². The largest absolute Gasteiger partial charge is 0.357 e. The maximum Gasteiger partial charge on any atom is 0.129 e. The van der Waals surface area contributed by atoms with Gasteiger partial charge in [-0.3, -0.25) is 9.97 Å². The predicted molar refractivity (Wildman–Crippen MR) is 107 cm³/mol. The van der Waals surface area contributed by atoms with Crippen LogP contribution in [-0.2, 0) is 11.2 Å². The molecule has 4 rings (SSSR count). The number of aldehydes is 1. The number of piperidine rings is 1. The maximum absolute atomic E-state index is 10.7. The number of nitrogens with zero attached hydrogens (tertiary/aromatic N) is 4. The minimum absolute atomic E-state index is 0.528. The first-order valence-electron chi connectivity index (χ1n) is 9.58. The van der Waals surface area contributed by atoms with Crippen LogP contribution in [0.4, 0.5) is 5.82 Å². The molecule has 1 saturated heterocycles. The Morgan fingerprint density at radius 1 is 1.07 bits per heavy atom. The molecule has 5 heteroatoms. The monoisotopic (exact) mass is 360 g/mol. The van der Waals surface area contributed by atoms with Crippen molar-refractivity contribution in [2.75, 3.05) is 18.0 Å². The second-order valence-corrected chi connectivity index (χ2v) is 7.33. The lowest BCUT2D eigenvalue weighted by Crippen LogP contribution is -2.34. The highest BCUT2D eigenvalue weighted by Crippen LogP contribution is 2.25. The summed E-state index contributed by atoms with van der Waals surface area (Å²) in [7, 11) is 0. The van der Waals surface area contributed by atoms with E-state index in [4.69, 9.17) is 9.97 Å². The van der Waals surface area contributed by atoms with E-state index in [0.717, 1.165) is 66.9 Å². The van der Waals surface area contributed by atoms with Gasteiger partial charge in [-0.2, -0.15) is 0 Å². The van der Waals surface area contributed by atoms with Gasteiger partial charge in [0.15, 0.2) is 0 Å². The molecule has 0 unspecified atom stereocenters. The summed E-state index contributed by atoms with van der Waals surface area (Å²) in [6.45, 7) is 3.93. The van der Waals surface area contributed by atoms with E-state index in [1.807, 2.05) is 19.2 Å². The highest BCUT2D eigenvalue weighted by Gasteiger charge is 2.20. The van der Waals surface area contributed by atoms with Crippen LogP contribution in [0.5, 0.6) is 0 Å². The lowest BCUT2D eigenvalue weighted by atomic mass is 9.94. The van der Waals surface area contributed by atoms with Gasteiger partial charge in [0.1, 0.15) is 12.1 Å². The minimum Gasteiger partial charge on any atom is -0.357 e. The molecular weight excluding hydrogens is 336 g/mol. The molecular formula is C22H24N4O. The number of hydrogen-bond acceptors (Lipinski definition) is 5. The Hall–Kier alpha value is -2.82. The summed E-state index contributed by atoms with van der Waals surface area (Å²) < 4.78 is 0. The minimum atomic E-state index is 0.528. The molecule has 0 atom stereocenters. The first-order valence-corrected chi connectivity index (χ1v) is 9.58. The van der Waals surface area contributed by atoms with Crippen LogP contribution < -0.4 is 4.90 Å². The van der Waals surface area contributed by atoms with E-state index >= 15 is 0 Å². The van der Waals surface area contributed by atoms with Crippen molar-refractivity contribution in [3.05, 3.63) is 59.5 Å². The number of fused-ring (bicyclic) bond motifs is 1. The molecule has 0 saturated carbocycles. The van der Waals surface area contributed by atoms with Gasteiger partial charge < -0.3 is 9.69 Å². The van der Waals surface area contributed by atoms with Crippen LogP contribution in [-0.4, -0.2) is 34.3 Å². The summed E-state index contributed by atoms with van der Waals surface area (Å²) >= 11 is 0. The molecule has 0 N–H and O–H groups in total. The molecule has 3 aromatic rings. The summed E-state index contributed by atoms with van der Waals surface area (Å²) in [6, 6.07) is 12.4. The van der Waals surface area contributed by atoms with Gasteiger partial charge in [0, 0.05) is 43.5 Å². The Morgan fingerprint density at radius 2 is 1.85 bits per heavy atom. The molecule has 1 fully saturated rings. The molecule has 138 valence electrons. The molecule has 1 aliphatic rings. The van der Waals surface area contributed by atoms with Crippen LogP contribution in [0.3, 0.4) is 0 Å². The third-order valence-corrected chi connectivity index (χ3v) is 5.30. The highest BCUT2D eigenvalue weighted by atomic mass is 16.1. The molecule has 0 aromatic carbocycles. The van der Waals surface area contributed by atoms with Crippen molar-refractivity contribution in [1.29, 1.82) is 0 Å². The summed E-state index contributed by atoms with van der Waals surface area (Å²) in [6.07, 6.45) is 6.49. The zero-order chi connectivity index (χ0) is 18.6. The second-order valence-electron chi connectivity index (χ2n) is 7.33. The fraction of sp³-hybridized carbons (Fsp3) is 0.364. The van der Waals surface area contributed by atoms with Crippen LogP contribution in [0.15, 0.2) is 42.6 Å². The SMILES string of the molecule is Cc1cc(Cc2ccc3nc(N4CCC(CC=O)CC4)ccc3n2)ccn1. The van der Waals surface area contributed by atoms with Crippen LogP contribution in [0.1, 0.15) is 36.2 Å². The zero-order valence-corrected chi connectivity index (χ0v) is 15.6. The van der Waals surface area contributed by atoms with Crippen molar-refractivity contribution >= 4 is 23.1 Å². The number of pyridine rings is 3. The number of anilines is 1. The topological polar surface area (TPSA) is 59.0 Å². The molecule has 0 spiro atoms. The molecule has 27 heavy (non-hydrogen) atoms. The van der Waals surface area contributed by atoms with E-state index in [1.165, 1.54) is 5.56 Å². The van der Waals surface area contributed by atoms with Gasteiger partial charge in [0.25, 0.3) is 0 Å². The van der Waals surface area contributed by atoms with Crippen molar-refractivity contribution in [3.63, 3.8) is 0 Å². The Bertz CT molecular complexity index is 948. The van der Waals surface area contributed by atoms with Crippen molar-refractivity contribution < 1.29 is 4.79 Å². The molecule has 3 aromatic heterocycles. The Kier molecular flexibility index (Phi) is 5.10. The van der Waals surface area contributed by atoms with Gasteiger partial charge in [-0.05, 0) is 67.6 Å². The quantitative estimate of drug-likeness (QED) is 0.649. The molecule has 0 aliphatic carbocycles. The number of rotatable bonds is 5. The number of carbonyl (C=O) groups is 1. The average molecular weight is 360 g/mol. The summed E-state index contributed by atoms with van der Waals surface area (Å²) in [5.41, 5.74) is 5.14. The lowest BCUT2D eigenvalue weighted by molar-refractivity contribution is -0.108. The van der Waals surface area contributed by atoms with Crippen LogP contribution in [0.25, 0.3) is 11.0 Å². The Balaban J connectivity index is 1.50. The molecule has 5 nitrogen and oxygen atoms in total. The summed E-state index contributed by atoms with van der Waals surface area (Å²) in [5, 5.41) is 0. The number of aromatic nitrogens is 3. The van der Waals surface area contributed by atoms with E-state index in [9.17, 15) is 4.79 Å². The first-order chi connectivity index (χ1) is 13.2. The molecule has 0 amide bonds. The normalized spacial score (nSPS) is 15.2. The highest BCUT2D eigenvalue weighted by molar-refractivity contribution is 5.76. The number of carbonyl (C=O) groups excluding carboxylic acids is 1. The predicted octanol–water partition coefficient (Wildman–Crippen LogP) is 3.73. The van der Waals surface area contributed by atoms with Gasteiger partial charge in [-0.25, -0.2) is 4.98 Å². The van der Waals surface area contributed by atoms with Gasteiger partial charge in [0.05, 0.1) is 11.0 Å². The van der Waals surface area contributed by atoms with E-state index in [-0.39, 0.29) is 0 Å². The number of aryl methyl sites for hydroxylation is 1. The number of hydrogen-bond donors (Lipinski definition) is 0. The molecule has 0 bridgehead atoms. The standard InChI is InChI=1S/C22H24N4O/c1-16-14-18(6-10-23-16)15-19-2-3-21-20(24-19)4-5-22(25-21)26-11-7-17(8-12-26)9-13-27/h2-6,10,13-14,17H,7-9,11-12,15H2,1H3. The third kappa shape index (κ3) is 4.13. The van der Waals surface area contributed by atoms with Crippen molar-refractivity contribution in [1.82, 2.24) is 15.0 Å². The summed E-state index contributed by atoms with van der Waals surface area (Å²) in [5.74, 6) is 1.53. The summed E-state index contributed by atoms with van der Waals surface area (Å²) in [4.78, 5) is 26.9. The molecule has 1 aliphatic heterocycles.